The lowest BCUT2D eigenvalue weighted by Gasteiger charge is -2.34. The normalized spacial score (nSPS) is 20.9. The molecule has 2 atom stereocenters. The number of carbonyl (C=O) groups excluding carboxylic acids is 1. The molecule has 31 nitrogen and oxygen atoms in total. The van der Waals surface area contributed by atoms with E-state index in [0.29, 0.717) is 136 Å². The average molecular weight is 1640 g/mol. The summed E-state index contributed by atoms with van der Waals surface area (Å²) in [6.45, 7) is 14.6. The number of nitrogens with zero attached hydrogens (tertiary/aromatic N) is 6. The fraction of sp³-hybridized carbons (Fsp3) is 0.474. The molecule has 1 unspecified atom stereocenters. The topological polar surface area (TPSA) is 475 Å². The molecule has 9 heterocycles. The van der Waals surface area contributed by atoms with Gasteiger partial charge < -0.3 is 77.0 Å². The number of amides is 1. The zero-order valence-electron chi connectivity index (χ0n) is 63.2. The highest BCUT2D eigenvalue weighted by atomic mass is 32.2. The SMILES string of the molecule is CC(C)(C)OC(=O)N1CCC[C@@H](Oc2cccc3c2C(N)=NS(=O)(=O)C3)C1.Cc1cc(COc2cccc3c2C(N)=NS(=O)(=O)C3)co1.NC1=NS(=O)(=O)Cc2cccc(OCC3CCCNC3)c21.NC1=NS(=O)(=O)Cc2cccc(OCC3CCNCC3)c21.NC1=NS(=O)(=O)Cc2cccc(OCCC3CCCCC3)c21. The monoisotopic (exact) mass is 1640 g/mol. The number of aryl methyl sites for hydroxylation is 1. The summed E-state index contributed by atoms with van der Waals surface area (Å²) in [5.41, 5.74) is 35.5. The van der Waals surface area contributed by atoms with Gasteiger partial charge in [0, 0.05) is 24.6 Å². The zero-order valence-corrected chi connectivity index (χ0v) is 67.3. The third kappa shape index (κ3) is 23.2. The maximum Gasteiger partial charge on any atom is 0.410 e. The van der Waals surface area contributed by atoms with Gasteiger partial charge in [-0.1, -0.05) is 92.8 Å². The van der Waals surface area contributed by atoms with Crippen molar-refractivity contribution in [2.75, 3.05) is 59.1 Å². The molecular weight excluding hydrogens is 1540 g/mol. The standard InChI is InChI=1S/C18H25N3O5S.C16H22N2O3S.2C14H19N3O3S.C14H14N2O4S/c1-18(2,3)26-17(22)21-9-5-7-13(10-21)25-14-8-4-6-12-11-27(23,24)20-16(19)15(12)14;17-16-15-13(11-22(19,20)18-16)7-4-8-14(15)21-10-9-12-5-2-1-3-6-12;15-14-13-11(9-21(18,19)17-14)4-1-5-12(13)20-8-10-3-2-6-16-7-10;15-14-13-11(9-21(18,19)17-14)2-1-3-12(13)20-8-10-4-6-16-7-5-10;1-9-5-10(6-19-9)7-20-12-4-2-3-11-8-21(17,18)16-14(15)13(11)12/h4,6,8,13H,5,7,9-11H2,1-3H3,(H2,19,20);4,7-8,12H,1-3,5-6,9-11H2,(H2,17,18);1,4-5,10,16H,2-3,6-9H2,(H2,15,17);1-3,10,16H,4-9H2,(H2,15,17);2-6H,7-8H2,1H3,(H2,15,16)/t13-;;;;/m1..../s1. The van der Waals surface area contributed by atoms with Crippen LogP contribution in [0.2, 0.25) is 0 Å². The number of hydrogen-bond acceptors (Lipinski definition) is 25. The van der Waals surface area contributed by atoms with Gasteiger partial charge >= 0.3 is 6.09 Å². The summed E-state index contributed by atoms with van der Waals surface area (Å²) in [5.74, 6) is 4.72. The van der Waals surface area contributed by atoms with Gasteiger partial charge in [-0.3, -0.25) is 0 Å². The van der Waals surface area contributed by atoms with E-state index in [1.54, 1.807) is 77.9 Å². The molecule has 0 spiro atoms. The predicted octanol–water partition coefficient (Wildman–Crippen LogP) is 7.54. The van der Waals surface area contributed by atoms with Gasteiger partial charge in [-0.05, 0) is 168 Å². The van der Waals surface area contributed by atoms with Crippen molar-refractivity contribution in [2.24, 2.45) is 68.4 Å². The summed E-state index contributed by atoms with van der Waals surface area (Å²) in [5, 5.41) is 6.66. The van der Waals surface area contributed by atoms with Crippen LogP contribution in [0.5, 0.6) is 28.7 Å². The number of hydrogen-bond donors (Lipinski definition) is 7. The second-order valence-electron chi connectivity index (χ2n) is 29.8. The third-order valence-electron chi connectivity index (χ3n) is 19.5. The molecule has 1 amide bonds. The van der Waals surface area contributed by atoms with E-state index in [0.717, 1.165) is 88.4 Å². The number of likely N-dealkylation sites (tertiary alicyclic amines) is 1. The van der Waals surface area contributed by atoms with E-state index in [4.69, 9.17) is 61.5 Å². The van der Waals surface area contributed by atoms with Crippen LogP contribution in [0.4, 0.5) is 4.79 Å². The molecule has 36 heteroatoms. The highest BCUT2D eigenvalue weighted by Crippen LogP contribution is 2.36. The number of nitrogens with two attached hydrogens (primary N) is 5. The van der Waals surface area contributed by atoms with Crippen LogP contribution in [0.15, 0.2) is 130 Å². The molecule has 3 saturated heterocycles. The van der Waals surface area contributed by atoms with E-state index in [1.807, 2.05) is 58.0 Å². The minimum absolute atomic E-state index is 0.0219. The highest BCUT2D eigenvalue weighted by Gasteiger charge is 2.34. The molecule has 8 aliphatic heterocycles. The van der Waals surface area contributed by atoms with E-state index < -0.39 is 55.7 Å². The van der Waals surface area contributed by atoms with Crippen LogP contribution in [-0.2, 0) is 90.2 Å². The number of carbonyl (C=O) groups is 1. The average Bonchev–Trinajstić information content (AvgIpc) is 0.858. The Morgan fingerprint density at radius 3 is 1.31 bits per heavy atom. The number of benzene rings is 5. The Bertz CT molecular complexity index is 5060. The smallest absolute Gasteiger partial charge is 0.410 e. The van der Waals surface area contributed by atoms with Gasteiger partial charge in [-0.15, -0.1) is 22.0 Å². The molecule has 6 aromatic rings. The predicted molar refractivity (Wildman–Crippen MR) is 427 cm³/mol. The van der Waals surface area contributed by atoms with Crippen molar-refractivity contribution in [3.8, 4) is 28.7 Å². The van der Waals surface area contributed by atoms with Gasteiger partial charge in [-0.2, -0.15) is 0 Å². The second kappa shape index (κ2) is 36.2. The number of sulfonamides is 5. The van der Waals surface area contributed by atoms with E-state index >= 15 is 0 Å². The number of fused-ring (bicyclic) bond motifs is 5. The van der Waals surface area contributed by atoms with Crippen molar-refractivity contribution < 1.29 is 79.7 Å². The third-order valence-corrected chi connectivity index (χ3v) is 25.3. The van der Waals surface area contributed by atoms with Gasteiger partial charge in [0.15, 0.2) is 0 Å². The van der Waals surface area contributed by atoms with Crippen molar-refractivity contribution in [3.63, 3.8) is 0 Å². The van der Waals surface area contributed by atoms with Gasteiger partial charge in [0.1, 0.15) is 82.0 Å². The summed E-state index contributed by atoms with van der Waals surface area (Å²) in [4.78, 5) is 13.9. The summed E-state index contributed by atoms with van der Waals surface area (Å²) >= 11 is 0. The highest BCUT2D eigenvalue weighted by molar-refractivity contribution is 7.90. The Morgan fingerprint density at radius 1 is 0.482 bits per heavy atom. The summed E-state index contributed by atoms with van der Waals surface area (Å²) in [7, 11) is -17.6. The van der Waals surface area contributed by atoms with Crippen LogP contribution in [0.25, 0.3) is 0 Å². The van der Waals surface area contributed by atoms with Crippen molar-refractivity contribution >= 4 is 85.4 Å². The van der Waals surface area contributed by atoms with Crippen LogP contribution in [-0.4, -0.2) is 153 Å². The Kier molecular flexibility index (Phi) is 27.0. The van der Waals surface area contributed by atoms with Gasteiger partial charge in [-0.25, -0.2) is 46.9 Å². The van der Waals surface area contributed by atoms with Crippen molar-refractivity contribution in [2.45, 2.75) is 152 Å². The first-order chi connectivity index (χ1) is 53.1. The summed E-state index contributed by atoms with van der Waals surface area (Å²) in [6.07, 6.45) is 14.7. The lowest BCUT2D eigenvalue weighted by atomic mass is 9.87. The Morgan fingerprint density at radius 2 is 0.893 bits per heavy atom. The maximum absolute atomic E-state index is 12.3. The number of furan rings is 1. The molecule has 0 bridgehead atoms. The molecule has 5 aromatic carbocycles. The molecule has 9 aliphatic rings. The lowest BCUT2D eigenvalue weighted by molar-refractivity contribution is 0.00771. The van der Waals surface area contributed by atoms with Crippen molar-refractivity contribution in [3.05, 3.63) is 170 Å². The van der Waals surface area contributed by atoms with E-state index in [9.17, 15) is 46.9 Å². The van der Waals surface area contributed by atoms with Gasteiger partial charge in [0.05, 0.1) is 89.2 Å². The molecular formula is C76H99N13O18S5. The number of rotatable bonds is 15. The van der Waals surface area contributed by atoms with Gasteiger partial charge in [0.25, 0.3) is 50.1 Å². The number of nitrogens with one attached hydrogen (secondary N) is 2. The zero-order chi connectivity index (χ0) is 80.2. The minimum Gasteiger partial charge on any atom is -0.493 e. The molecule has 1 saturated carbocycles. The summed E-state index contributed by atoms with van der Waals surface area (Å²) < 4.78 is 175. The molecule has 1 aromatic heterocycles. The van der Waals surface area contributed by atoms with Crippen molar-refractivity contribution in [1.29, 1.82) is 0 Å². The molecule has 606 valence electrons. The Labute approximate surface area is 654 Å². The van der Waals surface area contributed by atoms with Crippen LogP contribution in [0.3, 0.4) is 0 Å². The van der Waals surface area contributed by atoms with Crippen LogP contribution < -0.4 is 63.0 Å². The van der Waals surface area contributed by atoms with Crippen molar-refractivity contribution in [1.82, 2.24) is 15.5 Å². The first-order valence-electron chi connectivity index (χ1n) is 37.3. The molecule has 0 radical (unpaired) electrons. The lowest BCUT2D eigenvalue weighted by Crippen LogP contribution is -2.46. The fourth-order valence-electron chi connectivity index (χ4n) is 14.4. The summed E-state index contributed by atoms with van der Waals surface area (Å²) in [6, 6.07) is 28.4. The van der Waals surface area contributed by atoms with Crippen LogP contribution in [0, 0.1) is 24.7 Å². The first kappa shape index (κ1) is 83.6. The second-order valence-corrected chi connectivity index (χ2v) is 38.0. The van der Waals surface area contributed by atoms with E-state index in [-0.39, 0.29) is 70.1 Å². The fourth-order valence-corrected chi connectivity index (χ4v) is 19.9. The minimum atomic E-state index is -3.59. The quantitative estimate of drug-likeness (QED) is 0.0522. The van der Waals surface area contributed by atoms with Gasteiger partial charge in [0.2, 0.25) is 0 Å². The van der Waals surface area contributed by atoms with E-state index in [2.05, 4.69) is 32.6 Å². The molecule has 1 aliphatic carbocycles. The molecule has 112 heavy (non-hydrogen) atoms. The molecule has 4 fully saturated rings. The molecule has 12 N–H and O–H groups in total. The van der Waals surface area contributed by atoms with E-state index in [1.165, 1.54) is 32.1 Å². The number of piperidine rings is 3. The number of amidine groups is 5. The van der Waals surface area contributed by atoms with Crippen LogP contribution in [0.1, 0.15) is 165 Å². The largest absolute Gasteiger partial charge is 0.493 e. The number of ether oxygens (including phenoxy) is 6. The molecule has 15 rings (SSSR count). The Balaban J connectivity index is 0.000000139. The maximum atomic E-state index is 12.3. The first-order valence-corrected chi connectivity index (χ1v) is 45.3. The van der Waals surface area contributed by atoms with Crippen LogP contribution >= 0.6 is 0 Å². The Hall–Kier alpha value is -9.33.